The Morgan fingerprint density at radius 1 is 1.10 bits per heavy atom. The van der Waals surface area contributed by atoms with Crippen LogP contribution in [0, 0.1) is 41.8 Å². The number of rotatable bonds is 4. The van der Waals surface area contributed by atoms with Crippen molar-refractivity contribution in [1.82, 2.24) is 0 Å². The predicted octanol–water partition coefficient (Wildman–Crippen LogP) is 2.54. The Morgan fingerprint density at radius 2 is 1.62 bits per heavy atom. The van der Waals surface area contributed by atoms with Gasteiger partial charge in [0.25, 0.3) is 0 Å². The van der Waals surface area contributed by atoms with Gasteiger partial charge in [0.2, 0.25) is 0 Å². The van der Waals surface area contributed by atoms with E-state index in [1.54, 1.807) is 14.2 Å². The molecule has 1 rings (SSSR count). The maximum atomic E-state index is 12.0. The molecule has 0 aliphatic heterocycles. The van der Waals surface area contributed by atoms with Crippen LogP contribution in [0.25, 0.3) is 0 Å². The first-order chi connectivity index (χ1) is 10.2. The van der Waals surface area contributed by atoms with E-state index in [0.717, 1.165) is 38.0 Å². The summed E-state index contributed by atoms with van der Waals surface area (Å²) in [6.45, 7) is 2.23. The van der Waals surface area contributed by atoms with Crippen molar-refractivity contribution in [2.45, 2.75) is 39.0 Å². The minimum Gasteiger partial charge on any atom is -0.466 e. The van der Waals surface area contributed by atoms with Crippen LogP contribution in [0.5, 0.6) is 0 Å². The van der Waals surface area contributed by atoms with Gasteiger partial charge in [0.15, 0.2) is 0 Å². The van der Waals surface area contributed by atoms with Crippen LogP contribution in [0.15, 0.2) is 0 Å². The second-order valence-electron chi connectivity index (χ2n) is 5.07. The summed E-state index contributed by atoms with van der Waals surface area (Å²) in [5.41, 5.74) is 0. The third-order valence-electron chi connectivity index (χ3n) is 3.43. The standard InChI is InChI=1S/C17H23O4/c1-4-21-17(18)16-12-14(7-5-9-19-2)11-15(13-16)8-6-10-20-3/h14-15H,4,7-8,11-13H2,1-3H3. The molecule has 1 aliphatic rings. The molecule has 0 saturated heterocycles. The van der Waals surface area contributed by atoms with Gasteiger partial charge in [-0.05, 0) is 38.0 Å². The van der Waals surface area contributed by atoms with Crippen LogP contribution >= 0.6 is 0 Å². The van der Waals surface area contributed by atoms with Crippen molar-refractivity contribution >= 4 is 5.97 Å². The molecule has 0 amide bonds. The highest BCUT2D eigenvalue weighted by molar-refractivity contribution is 5.84. The number of methoxy groups -OCH3 is 2. The number of carbonyl (C=O) groups excluding carboxylic acids is 1. The molecule has 4 heteroatoms. The van der Waals surface area contributed by atoms with Crippen molar-refractivity contribution in [3.05, 3.63) is 5.92 Å². The fraction of sp³-hybridized carbons (Fsp3) is 0.647. The molecule has 2 atom stereocenters. The lowest BCUT2D eigenvalue weighted by atomic mass is 9.73. The fourth-order valence-corrected chi connectivity index (χ4v) is 2.65. The molecular formula is C17H23O4. The van der Waals surface area contributed by atoms with Gasteiger partial charge in [-0.3, -0.25) is 4.79 Å². The third-order valence-corrected chi connectivity index (χ3v) is 3.43. The van der Waals surface area contributed by atoms with E-state index in [9.17, 15) is 4.79 Å². The van der Waals surface area contributed by atoms with Crippen LogP contribution in [0.1, 0.15) is 39.0 Å². The van der Waals surface area contributed by atoms with Crippen LogP contribution < -0.4 is 0 Å². The minimum atomic E-state index is -0.174. The van der Waals surface area contributed by atoms with E-state index >= 15 is 0 Å². The maximum Gasteiger partial charge on any atom is 0.313 e. The van der Waals surface area contributed by atoms with Crippen molar-refractivity contribution in [2.24, 2.45) is 11.8 Å². The maximum absolute atomic E-state index is 12.0. The molecule has 2 unspecified atom stereocenters. The highest BCUT2D eigenvalue weighted by atomic mass is 16.5. The molecule has 21 heavy (non-hydrogen) atoms. The van der Waals surface area contributed by atoms with Crippen LogP contribution in [0.4, 0.5) is 0 Å². The van der Waals surface area contributed by atoms with Gasteiger partial charge in [-0.25, -0.2) is 0 Å². The van der Waals surface area contributed by atoms with Gasteiger partial charge in [0.05, 0.1) is 26.7 Å². The van der Waals surface area contributed by atoms with Crippen LogP contribution in [0.3, 0.4) is 0 Å². The minimum absolute atomic E-state index is 0.174. The smallest absolute Gasteiger partial charge is 0.313 e. The first kappa shape index (κ1) is 17.2. The Morgan fingerprint density at radius 3 is 2.05 bits per heavy atom. The second-order valence-corrected chi connectivity index (χ2v) is 5.07. The number of esters is 1. The Labute approximate surface area is 127 Å². The zero-order chi connectivity index (χ0) is 15.5. The lowest BCUT2D eigenvalue weighted by molar-refractivity contribution is -0.142. The van der Waals surface area contributed by atoms with Gasteiger partial charge >= 0.3 is 5.97 Å². The zero-order valence-electron chi connectivity index (χ0n) is 13.0. The van der Waals surface area contributed by atoms with E-state index in [2.05, 4.69) is 24.1 Å². The van der Waals surface area contributed by atoms with Crippen molar-refractivity contribution in [3.63, 3.8) is 0 Å². The normalized spacial score (nSPS) is 21.3. The summed E-state index contributed by atoms with van der Waals surface area (Å²) in [6.07, 6.45) is 9.20. The number of hydrogen-bond acceptors (Lipinski definition) is 4. The number of ether oxygens (including phenoxy) is 3. The van der Waals surface area contributed by atoms with Gasteiger partial charge in [0, 0.05) is 12.8 Å². The molecule has 0 N–H and O–H groups in total. The molecular weight excluding hydrogens is 268 g/mol. The van der Waals surface area contributed by atoms with E-state index in [0.29, 0.717) is 18.4 Å². The first-order valence-electron chi connectivity index (χ1n) is 7.24. The fourth-order valence-electron chi connectivity index (χ4n) is 2.65. The Kier molecular flexibility index (Phi) is 8.21. The van der Waals surface area contributed by atoms with E-state index < -0.39 is 0 Å². The van der Waals surface area contributed by atoms with Gasteiger partial charge in [-0.1, -0.05) is 11.8 Å². The molecule has 115 valence electrons. The molecule has 1 saturated carbocycles. The average molecular weight is 291 g/mol. The molecule has 0 aromatic rings. The predicted molar refractivity (Wildman–Crippen MR) is 79.5 cm³/mol. The molecule has 0 aromatic carbocycles. The summed E-state index contributed by atoms with van der Waals surface area (Å²) in [4.78, 5) is 12.0. The third kappa shape index (κ3) is 6.45. The Balaban J connectivity index is 2.65. The van der Waals surface area contributed by atoms with Crippen molar-refractivity contribution in [1.29, 1.82) is 0 Å². The van der Waals surface area contributed by atoms with Crippen molar-refractivity contribution < 1.29 is 19.0 Å². The van der Waals surface area contributed by atoms with Crippen molar-refractivity contribution in [2.75, 3.05) is 20.8 Å². The van der Waals surface area contributed by atoms with E-state index in [1.165, 1.54) is 0 Å². The Bertz CT molecular complexity index is 403. The highest BCUT2D eigenvalue weighted by Gasteiger charge is 2.33. The monoisotopic (exact) mass is 291 g/mol. The topological polar surface area (TPSA) is 44.8 Å². The van der Waals surface area contributed by atoms with Gasteiger partial charge < -0.3 is 14.2 Å². The first-order valence-corrected chi connectivity index (χ1v) is 7.24. The summed E-state index contributed by atoms with van der Waals surface area (Å²) in [7, 11) is 3.10. The second kappa shape index (κ2) is 10.00. The molecule has 1 radical (unpaired) electrons. The zero-order valence-corrected chi connectivity index (χ0v) is 13.0. The van der Waals surface area contributed by atoms with Crippen LogP contribution in [-0.4, -0.2) is 26.8 Å². The van der Waals surface area contributed by atoms with E-state index in [1.807, 2.05) is 6.92 Å². The molecule has 1 fully saturated rings. The molecule has 0 aromatic heterocycles. The van der Waals surface area contributed by atoms with Gasteiger partial charge in [-0.15, -0.1) is 0 Å². The summed E-state index contributed by atoms with van der Waals surface area (Å²) < 4.78 is 14.6. The lowest BCUT2D eigenvalue weighted by Crippen LogP contribution is -2.28. The summed E-state index contributed by atoms with van der Waals surface area (Å²) >= 11 is 0. The SMILES string of the molecule is CCOC(=O)[C]1CC(CC#COC)CC(CC#COC)C1. The van der Waals surface area contributed by atoms with Crippen LogP contribution in [0.2, 0.25) is 0 Å². The quantitative estimate of drug-likeness (QED) is 0.590. The average Bonchev–Trinajstić information content (AvgIpc) is 2.48. The van der Waals surface area contributed by atoms with Crippen LogP contribution in [-0.2, 0) is 19.0 Å². The lowest BCUT2D eigenvalue weighted by Gasteiger charge is -2.31. The molecule has 0 bridgehead atoms. The van der Waals surface area contributed by atoms with Crippen molar-refractivity contribution in [3.8, 4) is 24.1 Å². The molecule has 1 aliphatic carbocycles. The Hall–Kier alpha value is -1.81. The largest absolute Gasteiger partial charge is 0.466 e. The highest BCUT2D eigenvalue weighted by Crippen LogP contribution is 2.38. The van der Waals surface area contributed by atoms with Gasteiger partial charge in [-0.2, -0.15) is 0 Å². The van der Waals surface area contributed by atoms with E-state index in [4.69, 9.17) is 14.2 Å². The molecule has 4 nitrogen and oxygen atoms in total. The number of hydrogen-bond donors (Lipinski definition) is 0. The summed E-state index contributed by atoms with van der Waals surface area (Å²) in [5, 5.41) is 0. The van der Waals surface area contributed by atoms with Gasteiger partial charge in [0.1, 0.15) is 12.2 Å². The number of carbonyl (C=O) groups is 1. The molecule has 0 heterocycles. The summed E-state index contributed by atoms with van der Waals surface area (Å²) in [6, 6.07) is 0. The van der Waals surface area contributed by atoms with E-state index in [-0.39, 0.29) is 5.97 Å². The molecule has 0 spiro atoms. The summed E-state index contributed by atoms with van der Waals surface area (Å²) in [5.74, 6) is 7.37.